The zero-order valence-electron chi connectivity index (χ0n) is 22.3. The molecule has 0 saturated carbocycles. The lowest BCUT2D eigenvalue weighted by Gasteiger charge is -2.38. The Kier molecular flexibility index (Phi) is 13.4. The van der Waals surface area contributed by atoms with E-state index in [1.807, 2.05) is 6.92 Å². The number of ether oxygens (including phenoxy) is 4. The van der Waals surface area contributed by atoms with Crippen molar-refractivity contribution in [2.45, 2.75) is 115 Å². The Morgan fingerprint density at radius 1 is 1.03 bits per heavy atom. The third-order valence-corrected chi connectivity index (χ3v) is 7.31. The molecular formula is C27H46O9. The van der Waals surface area contributed by atoms with Crippen molar-refractivity contribution in [3.05, 3.63) is 11.6 Å². The average Bonchev–Trinajstić information content (AvgIpc) is 3.60. The molecule has 2 saturated heterocycles. The molecular weight excluding hydrogens is 468 g/mol. The van der Waals surface area contributed by atoms with Gasteiger partial charge in [0.15, 0.2) is 0 Å². The first-order valence-electron chi connectivity index (χ1n) is 13.4. The van der Waals surface area contributed by atoms with Crippen LogP contribution < -0.4 is 0 Å². The second-order valence-electron chi connectivity index (χ2n) is 10.4. The Balaban J connectivity index is 1.60. The van der Waals surface area contributed by atoms with Crippen molar-refractivity contribution < 1.29 is 43.9 Å². The second-order valence-corrected chi connectivity index (χ2v) is 10.4. The minimum absolute atomic E-state index is 0.0196. The molecule has 0 bridgehead atoms. The maximum atomic E-state index is 12.1. The summed E-state index contributed by atoms with van der Waals surface area (Å²) in [7, 11) is 1.40. The zero-order chi connectivity index (χ0) is 26.7. The molecule has 9 heteroatoms. The molecule has 9 nitrogen and oxygen atoms in total. The van der Waals surface area contributed by atoms with E-state index in [1.165, 1.54) is 13.2 Å². The molecule has 0 aromatic rings. The van der Waals surface area contributed by atoms with E-state index in [-0.39, 0.29) is 30.0 Å². The van der Waals surface area contributed by atoms with Crippen molar-refractivity contribution in [2.24, 2.45) is 11.8 Å². The topological polar surface area (TPSA) is 135 Å². The van der Waals surface area contributed by atoms with Crippen LogP contribution in [0.4, 0.5) is 0 Å². The molecule has 0 aromatic carbocycles. The highest BCUT2D eigenvalue weighted by Gasteiger charge is 2.48. The molecule has 2 rings (SSSR count). The number of carbonyl (C=O) groups excluding carboxylic acids is 2. The first kappa shape index (κ1) is 30.7. The fourth-order valence-electron chi connectivity index (χ4n) is 4.68. The summed E-state index contributed by atoms with van der Waals surface area (Å²) in [5.41, 5.74) is 0.719. The SMILES string of the molecule is COC(=O)CCCCCCCCOC(=O)/C=C(\C)C[C@@H]1OC[C@H](C[C@@H]2O[C@H]2[C@@H](C)[C@H](C)O)[C@@H](O)[C@H]1O. The number of rotatable bonds is 16. The molecule has 3 N–H and O–H groups in total. The lowest BCUT2D eigenvalue weighted by Crippen LogP contribution is -2.50. The highest BCUT2D eigenvalue weighted by Crippen LogP contribution is 2.38. The Morgan fingerprint density at radius 3 is 2.36 bits per heavy atom. The molecule has 208 valence electrons. The zero-order valence-corrected chi connectivity index (χ0v) is 22.3. The van der Waals surface area contributed by atoms with E-state index in [0.717, 1.165) is 44.1 Å². The van der Waals surface area contributed by atoms with Crippen LogP contribution in [0.25, 0.3) is 0 Å². The monoisotopic (exact) mass is 514 g/mol. The first-order chi connectivity index (χ1) is 17.1. The van der Waals surface area contributed by atoms with E-state index in [1.54, 1.807) is 13.8 Å². The van der Waals surface area contributed by atoms with Crippen LogP contribution in [0.15, 0.2) is 11.6 Å². The van der Waals surface area contributed by atoms with Gasteiger partial charge in [-0.2, -0.15) is 0 Å². The predicted molar refractivity (Wildman–Crippen MR) is 133 cm³/mol. The third-order valence-electron chi connectivity index (χ3n) is 7.31. The van der Waals surface area contributed by atoms with Gasteiger partial charge in [-0.3, -0.25) is 4.79 Å². The van der Waals surface area contributed by atoms with Crippen molar-refractivity contribution >= 4 is 11.9 Å². The predicted octanol–water partition coefficient (Wildman–Crippen LogP) is 2.68. The number of aliphatic hydroxyl groups excluding tert-OH is 3. The third kappa shape index (κ3) is 10.5. The van der Waals surface area contributed by atoms with Crippen LogP contribution in [0, 0.1) is 11.8 Å². The molecule has 2 heterocycles. The van der Waals surface area contributed by atoms with Gasteiger partial charge in [-0.05, 0) is 39.5 Å². The summed E-state index contributed by atoms with van der Waals surface area (Å²) in [4.78, 5) is 23.1. The second kappa shape index (κ2) is 15.7. The molecule has 0 unspecified atom stereocenters. The van der Waals surface area contributed by atoms with E-state index in [2.05, 4.69) is 4.74 Å². The van der Waals surface area contributed by atoms with Gasteiger partial charge in [0.05, 0.1) is 50.8 Å². The quantitative estimate of drug-likeness (QED) is 0.123. The van der Waals surface area contributed by atoms with Crippen LogP contribution >= 0.6 is 0 Å². The van der Waals surface area contributed by atoms with Crippen molar-refractivity contribution in [1.82, 2.24) is 0 Å². The number of epoxide rings is 1. The Morgan fingerprint density at radius 2 is 1.69 bits per heavy atom. The number of unbranched alkanes of at least 4 members (excludes halogenated alkanes) is 5. The van der Waals surface area contributed by atoms with Crippen LogP contribution in [-0.2, 0) is 28.5 Å². The fraction of sp³-hybridized carbons (Fsp3) is 0.852. The van der Waals surface area contributed by atoms with Gasteiger partial charge in [-0.1, -0.05) is 38.2 Å². The number of aliphatic hydroxyl groups is 3. The average molecular weight is 515 g/mol. The summed E-state index contributed by atoms with van der Waals surface area (Å²) in [5, 5.41) is 30.9. The van der Waals surface area contributed by atoms with Gasteiger partial charge in [0.25, 0.3) is 0 Å². The summed E-state index contributed by atoms with van der Waals surface area (Å²) in [6.45, 7) is 6.11. The minimum Gasteiger partial charge on any atom is -0.469 e. The maximum Gasteiger partial charge on any atom is 0.330 e. The van der Waals surface area contributed by atoms with Crippen LogP contribution in [0.5, 0.6) is 0 Å². The maximum absolute atomic E-state index is 12.1. The number of carbonyl (C=O) groups is 2. The Labute approximate surface area is 215 Å². The van der Waals surface area contributed by atoms with Gasteiger partial charge in [-0.15, -0.1) is 0 Å². The summed E-state index contributed by atoms with van der Waals surface area (Å²) in [6.07, 6.45) is 5.30. The molecule has 2 aliphatic rings. The Bertz CT molecular complexity index is 707. The number of methoxy groups -OCH3 is 1. The highest BCUT2D eigenvalue weighted by atomic mass is 16.6. The van der Waals surface area contributed by atoms with Crippen molar-refractivity contribution in [1.29, 1.82) is 0 Å². The molecule has 0 radical (unpaired) electrons. The highest BCUT2D eigenvalue weighted by molar-refractivity contribution is 5.82. The Hall–Kier alpha value is -1.52. The molecule has 36 heavy (non-hydrogen) atoms. The summed E-state index contributed by atoms with van der Waals surface area (Å²) >= 11 is 0. The van der Waals surface area contributed by atoms with E-state index in [9.17, 15) is 24.9 Å². The van der Waals surface area contributed by atoms with E-state index >= 15 is 0 Å². The van der Waals surface area contributed by atoms with Gasteiger partial charge in [0, 0.05) is 24.3 Å². The minimum atomic E-state index is -1.05. The number of hydrogen-bond acceptors (Lipinski definition) is 9. The smallest absolute Gasteiger partial charge is 0.330 e. The molecule has 0 spiro atoms. The van der Waals surface area contributed by atoms with Gasteiger partial charge < -0.3 is 34.3 Å². The molecule has 0 aliphatic carbocycles. The molecule has 0 aromatic heterocycles. The van der Waals surface area contributed by atoms with Crippen molar-refractivity contribution in [3.8, 4) is 0 Å². The van der Waals surface area contributed by atoms with Crippen molar-refractivity contribution in [2.75, 3.05) is 20.3 Å². The molecule has 8 atom stereocenters. The van der Waals surface area contributed by atoms with E-state index in [4.69, 9.17) is 14.2 Å². The largest absolute Gasteiger partial charge is 0.469 e. The summed E-state index contributed by atoms with van der Waals surface area (Å²) in [5.74, 6) is -0.810. The lowest BCUT2D eigenvalue weighted by molar-refractivity contribution is -0.165. The molecule has 0 amide bonds. The fourth-order valence-corrected chi connectivity index (χ4v) is 4.68. The van der Waals surface area contributed by atoms with E-state index < -0.39 is 30.4 Å². The van der Waals surface area contributed by atoms with Gasteiger partial charge >= 0.3 is 11.9 Å². The molecule has 2 aliphatic heterocycles. The number of esters is 2. The standard InChI is InChI=1S/C27H46O9/c1-17(14-24(30)34-12-10-8-6-5-7-9-11-23(29)33-4)13-21-26(32)25(31)20(16-35-21)15-22-27(36-22)18(2)19(3)28/h14,18-22,25-28,31-32H,5-13,15-16H2,1-4H3/b17-14+/t18-,19-,20-,21-,22-,25+,26-,27-/m0/s1. The number of hydrogen-bond donors (Lipinski definition) is 3. The molecule has 2 fully saturated rings. The lowest BCUT2D eigenvalue weighted by atomic mass is 9.85. The van der Waals surface area contributed by atoms with Crippen LogP contribution in [0.1, 0.15) is 78.6 Å². The van der Waals surface area contributed by atoms with Gasteiger partial charge in [0.2, 0.25) is 0 Å². The normalized spacial score (nSPS) is 29.9. The van der Waals surface area contributed by atoms with E-state index in [0.29, 0.717) is 32.5 Å². The van der Waals surface area contributed by atoms with Crippen molar-refractivity contribution in [3.63, 3.8) is 0 Å². The first-order valence-corrected chi connectivity index (χ1v) is 13.4. The summed E-state index contributed by atoms with van der Waals surface area (Å²) in [6, 6.07) is 0. The van der Waals surface area contributed by atoms with Gasteiger partial charge in [-0.25, -0.2) is 4.79 Å². The van der Waals surface area contributed by atoms with Crippen LogP contribution in [0.3, 0.4) is 0 Å². The summed E-state index contributed by atoms with van der Waals surface area (Å²) < 4.78 is 21.4. The van der Waals surface area contributed by atoms with Crippen LogP contribution in [-0.4, -0.2) is 84.2 Å². The van der Waals surface area contributed by atoms with Crippen LogP contribution in [0.2, 0.25) is 0 Å². The van der Waals surface area contributed by atoms with Gasteiger partial charge in [0.1, 0.15) is 6.10 Å².